The second kappa shape index (κ2) is 9.29. The summed E-state index contributed by atoms with van der Waals surface area (Å²) in [4.78, 5) is 31.8. The van der Waals surface area contributed by atoms with E-state index >= 15 is 0 Å². The van der Waals surface area contributed by atoms with Gasteiger partial charge in [0.15, 0.2) is 0 Å². The van der Waals surface area contributed by atoms with Gasteiger partial charge in [0.25, 0.3) is 0 Å². The molecule has 0 aliphatic carbocycles. The molecule has 3 atom stereocenters. The number of alkyl halides is 3. The number of rotatable bonds is 3. The van der Waals surface area contributed by atoms with E-state index in [2.05, 4.69) is 4.98 Å². The highest BCUT2D eigenvalue weighted by molar-refractivity contribution is 5.82. The molecule has 10 heteroatoms. The summed E-state index contributed by atoms with van der Waals surface area (Å²) in [6, 6.07) is 10.4. The monoisotopic (exact) mass is 506 g/mol. The van der Waals surface area contributed by atoms with Gasteiger partial charge in [-0.1, -0.05) is 30.3 Å². The van der Waals surface area contributed by atoms with Crippen molar-refractivity contribution in [3.05, 3.63) is 59.4 Å². The van der Waals surface area contributed by atoms with Crippen molar-refractivity contribution >= 4 is 12.1 Å². The third-order valence-corrected chi connectivity index (χ3v) is 6.42. The minimum absolute atomic E-state index is 0.0371. The van der Waals surface area contributed by atoms with E-state index in [9.17, 15) is 22.8 Å². The van der Waals surface area contributed by atoms with E-state index in [0.717, 1.165) is 17.7 Å². The Labute approximate surface area is 207 Å². The van der Waals surface area contributed by atoms with Gasteiger partial charge in [-0.05, 0) is 51.3 Å². The van der Waals surface area contributed by atoms with Crippen molar-refractivity contribution in [1.82, 2.24) is 9.88 Å². The van der Waals surface area contributed by atoms with Crippen molar-refractivity contribution < 1.29 is 37.0 Å². The lowest BCUT2D eigenvalue weighted by Gasteiger charge is -2.47. The molecular formula is C26H29F3N2O5. The Bertz CT molecular complexity index is 1130. The lowest BCUT2D eigenvalue weighted by molar-refractivity contribution is -0.160. The number of likely N-dealkylation sites (tertiary alicyclic amines) is 1. The topological polar surface area (TPSA) is 78.0 Å². The van der Waals surface area contributed by atoms with Crippen molar-refractivity contribution in [3.8, 4) is 5.75 Å². The summed E-state index contributed by atoms with van der Waals surface area (Å²) >= 11 is 0. The number of pyridine rings is 1. The number of ether oxygens (including phenoxy) is 3. The van der Waals surface area contributed by atoms with E-state index in [1.807, 2.05) is 30.3 Å². The fraction of sp³-hybridized carbons (Fsp3) is 0.500. The summed E-state index contributed by atoms with van der Waals surface area (Å²) in [6.45, 7) is 5.67. The average molecular weight is 507 g/mol. The highest BCUT2D eigenvalue weighted by atomic mass is 19.4. The normalized spacial score (nSPS) is 24.5. The van der Waals surface area contributed by atoms with Crippen molar-refractivity contribution in [2.75, 3.05) is 13.7 Å². The summed E-state index contributed by atoms with van der Waals surface area (Å²) in [5.41, 5.74) is -2.42. The Kier molecular flexibility index (Phi) is 6.66. The van der Waals surface area contributed by atoms with Crippen molar-refractivity contribution in [2.24, 2.45) is 0 Å². The van der Waals surface area contributed by atoms with Gasteiger partial charge >= 0.3 is 18.2 Å². The molecule has 0 saturated carbocycles. The number of piperidine rings is 1. The Hall–Kier alpha value is -3.30. The van der Waals surface area contributed by atoms with E-state index in [-0.39, 0.29) is 17.9 Å². The van der Waals surface area contributed by atoms with Crippen LogP contribution in [0.5, 0.6) is 5.75 Å². The SMILES string of the molecule is COc1ccc(C(F)(F)F)nc1[C@@H]1C[C@@]2(CCCN(C(=O)OC(C)(C)C)[C@H]2c2ccccc2)OC1=O. The van der Waals surface area contributed by atoms with Gasteiger partial charge in [-0.15, -0.1) is 0 Å². The molecule has 1 aromatic carbocycles. The Balaban J connectivity index is 1.77. The van der Waals surface area contributed by atoms with Crippen LogP contribution in [0.3, 0.4) is 0 Å². The molecule has 0 unspecified atom stereocenters. The van der Waals surface area contributed by atoms with Gasteiger partial charge in [0.1, 0.15) is 34.6 Å². The molecular weight excluding hydrogens is 477 g/mol. The second-order valence-electron chi connectivity index (χ2n) is 10.1. The molecule has 3 heterocycles. The molecule has 2 aliphatic rings. The molecule has 1 aromatic heterocycles. The molecule has 0 N–H and O–H groups in total. The lowest BCUT2D eigenvalue weighted by atomic mass is 9.76. The number of nitrogens with zero attached hydrogens (tertiary/aromatic N) is 2. The smallest absolute Gasteiger partial charge is 0.433 e. The van der Waals surface area contributed by atoms with Crippen LogP contribution in [0, 0.1) is 0 Å². The zero-order valence-electron chi connectivity index (χ0n) is 20.6. The third kappa shape index (κ3) is 4.99. The van der Waals surface area contributed by atoms with Crippen LogP contribution in [0.25, 0.3) is 0 Å². The number of hydrogen-bond acceptors (Lipinski definition) is 6. The zero-order valence-corrected chi connectivity index (χ0v) is 20.6. The lowest BCUT2D eigenvalue weighted by Crippen LogP contribution is -2.53. The van der Waals surface area contributed by atoms with Crippen LogP contribution in [-0.2, 0) is 20.4 Å². The van der Waals surface area contributed by atoms with Crippen LogP contribution in [0.4, 0.5) is 18.0 Å². The first-order chi connectivity index (χ1) is 16.8. The first kappa shape index (κ1) is 25.8. The van der Waals surface area contributed by atoms with Crippen molar-refractivity contribution in [3.63, 3.8) is 0 Å². The number of aromatic nitrogens is 1. The molecule has 7 nitrogen and oxygen atoms in total. The number of carbonyl (C=O) groups is 2. The number of methoxy groups -OCH3 is 1. The number of amides is 1. The predicted octanol–water partition coefficient (Wildman–Crippen LogP) is 5.65. The van der Waals surface area contributed by atoms with Gasteiger partial charge in [0.05, 0.1) is 12.8 Å². The molecule has 4 rings (SSSR count). The number of carbonyl (C=O) groups excluding carboxylic acids is 2. The largest absolute Gasteiger partial charge is 0.495 e. The molecule has 36 heavy (non-hydrogen) atoms. The minimum Gasteiger partial charge on any atom is -0.495 e. The van der Waals surface area contributed by atoms with Crippen LogP contribution in [-0.4, -0.2) is 46.8 Å². The summed E-state index contributed by atoms with van der Waals surface area (Å²) in [7, 11) is 1.31. The number of hydrogen-bond donors (Lipinski definition) is 0. The summed E-state index contributed by atoms with van der Waals surface area (Å²) in [5.74, 6) is -1.72. The molecule has 1 amide bonds. The molecule has 2 aromatic rings. The molecule has 1 spiro atoms. The number of halogens is 3. The maximum absolute atomic E-state index is 13.4. The first-order valence-corrected chi connectivity index (χ1v) is 11.7. The van der Waals surface area contributed by atoms with Crippen LogP contribution >= 0.6 is 0 Å². The summed E-state index contributed by atoms with van der Waals surface area (Å²) < 4.78 is 57.1. The van der Waals surface area contributed by atoms with Crippen LogP contribution < -0.4 is 4.74 Å². The van der Waals surface area contributed by atoms with Gasteiger partial charge in [0, 0.05) is 13.0 Å². The Morgan fingerprint density at radius 3 is 2.44 bits per heavy atom. The summed E-state index contributed by atoms with van der Waals surface area (Å²) in [6.07, 6.45) is -4.25. The van der Waals surface area contributed by atoms with Crippen molar-refractivity contribution in [1.29, 1.82) is 0 Å². The average Bonchev–Trinajstić information content (AvgIpc) is 3.13. The Morgan fingerprint density at radius 2 is 1.83 bits per heavy atom. The van der Waals surface area contributed by atoms with Gasteiger partial charge in [-0.25, -0.2) is 9.78 Å². The molecule has 2 fully saturated rings. The fourth-order valence-electron chi connectivity index (χ4n) is 5.05. The van der Waals surface area contributed by atoms with Gasteiger partial charge in [-0.3, -0.25) is 9.69 Å². The van der Waals surface area contributed by atoms with Crippen molar-refractivity contribution in [2.45, 2.75) is 69.4 Å². The van der Waals surface area contributed by atoms with Crippen LogP contribution in [0.15, 0.2) is 42.5 Å². The molecule has 194 valence electrons. The van der Waals surface area contributed by atoms with E-state index in [1.54, 1.807) is 25.7 Å². The zero-order chi connectivity index (χ0) is 26.3. The Morgan fingerprint density at radius 1 is 1.14 bits per heavy atom. The van der Waals surface area contributed by atoms with E-state index in [0.29, 0.717) is 19.4 Å². The van der Waals surface area contributed by atoms with E-state index in [4.69, 9.17) is 14.2 Å². The maximum Gasteiger partial charge on any atom is 0.433 e. The highest BCUT2D eigenvalue weighted by Crippen LogP contribution is 2.53. The predicted molar refractivity (Wildman–Crippen MR) is 123 cm³/mol. The quantitative estimate of drug-likeness (QED) is 0.501. The maximum atomic E-state index is 13.4. The van der Waals surface area contributed by atoms with E-state index < -0.39 is 47.1 Å². The van der Waals surface area contributed by atoms with Crippen LogP contribution in [0.1, 0.15) is 68.9 Å². The van der Waals surface area contributed by atoms with Gasteiger partial charge < -0.3 is 14.2 Å². The van der Waals surface area contributed by atoms with Gasteiger partial charge in [0.2, 0.25) is 0 Å². The molecule has 2 aliphatic heterocycles. The van der Waals surface area contributed by atoms with Gasteiger partial charge in [-0.2, -0.15) is 13.2 Å². The highest BCUT2D eigenvalue weighted by Gasteiger charge is 2.58. The molecule has 2 saturated heterocycles. The summed E-state index contributed by atoms with van der Waals surface area (Å²) in [5, 5.41) is 0. The first-order valence-electron chi connectivity index (χ1n) is 11.7. The fourth-order valence-corrected chi connectivity index (χ4v) is 5.05. The minimum atomic E-state index is -4.69. The molecule has 0 radical (unpaired) electrons. The number of esters is 1. The number of benzene rings is 1. The standard InChI is InChI=1S/C26H29F3N2O5/c1-24(2,3)36-23(33)31-14-8-13-25(21(31)16-9-6-5-7-10-16)15-17(22(32)35-25)20-18(34-4)11-12-19(30-20)26(27,28)29/h5-7,9-12,17,21H,8,13-15H2,1-4H3/t17-,21-,25+/m0/s1. The second-order valence-corrected chi connectivity index (χ2v) is 10.1. The third-order valence-electron chi connectivity index (χ3n) is 6.42. The van der Waals surface area contributed by atoms with E-state index in [1.165, 1.54) is 7.11 Å². The van der Waals surface area contributed by atoms with Crippen LogP contribution in [0.2, 0.25) is 0 Å². The molecule has 0 bridgehead atoms.